The fourth-order valence-electron chi connectivity index (χ4n) is 1.43. The van der Waals surface area contributed by atoms with Crippen LogP contribution in [-0.2, 0) is 4.79 Å². The summed E-state index contributed by atoms with van der Waals surface area (Å²) in [5.74, 6) is -1.53. The van der Waals surface area contributed by atoms with Gasteiger partial charge in [0.15, 0.2) is 0 Å². The molecule has 0 aromatic rings. The summed E-state index contributed by atoms with van der Waals surface area (Å²) in [7, 11) is 1.62. The molecule has 0 rings (SSSR count). The molecule has 0 radical (unpaired) electrons. The monoisotopic (exact) mass is 255 g/mol. The first kappa shape index (κ1) is 16.2. The molecule has 18 heavy (non-hydrogen) atoms. The number of nitrogens with zero attached hydrogens (tertiary/aromatic N) is 3. The standard InChI is InChI=1S/C12H21N3O3/c1-5-15(8-9(2)11(16)17)12(18)14(4)10(3)6-7-13/h9-10H,5-6,8H2,1-4H3,(H,16,17). The van der Waals surface area contributed by atoms with Crippen LogP contribution in [0.1, 0.15) is 27.2 Å². The topological polar surface area (TPSA) is 84.6 Å². The predicted octanol–water partition coefficient (Wildman–Crippen LogP) is 1.38. The second kappa shape index (κ2) is 7.54. The van der Waals surface area contributed by atoms with Crippen molar-refractivity contribution in [2.75, 3.05) is 20.1 Å². The van der Waals surface area contributed by atoms with Crippen molar-refractivity contribution in [2.45, 2.75) is 33.2 Å². The van der Waals surface area contributed by atoms with E-state index in [1.165, 1.54) is 9.80 Å². The predicted molar refractivity (Wildman–Crippen MR) is 66.9 cm³/mol. The minimum atomic E-state index is -0.922. The van der Waals surface area contributed by atoms with E-state index in [0.29, 0.717) is 6.54 Å². The number of carboxylic acid groups (broad SMARTS) is 1. The van der Waals surface area contributed by atoms with Gasteiger partial charge in [0.05, 0.1) is 18.4 Å². The molecule has 6 nitrogen and oxygen atoms in total. The van der Waals surface area contributed by atoms with Crippen molar-refractivity contribution in [3.8, 4) is 6.07 Å². The van der Waals surface area contributed by atoms with E-state index in [0.717, 1.165) is 0 Å². The summed E-state index contributed by atoms with van der Waals surface area (Å²) >= 11 is 0. The summed E-state index contributed by atoms with van der Waals surface area (Å²) in [5.41, 5.74) is 0. The Bertz CT molecular complexity index is 338. The van der Waals surface area contributed by atoms with E-state index in [2.05, 4.69) is 0 Å². The lowest BCUT2D eigenvalue weighted by molar-refractivity contribution is -0.141. The lowest BCUT2D eigenvalue weighted by Gasteiger charge is -2.31. The first-order chi connectivity index (χ1) is 8.34. The Labute approximate surface area is 108 Å². The van der Waals surface area contributed by atoms with Gasteiger partial charge in [0, 0.05) is 26.2 Å². The van der Waals surface area contributed by atoms with Gasteiger partial charge in [-0.15, -0.1) is 0 Å². The van der Waals surface area contributed by atoms with Crippen molar-refractivity contribution in [2.24, 2.45) is 5.92 Å². The molecule has 0 spiro atoms. The highest BCUT2D eigenvalue weighted by Gasteiger charge is 2.24. The van der Waals surface area contributed by atoms with Crippen LogP contribution in [0.3, 0.4) is 0 Å². The third kappa shape index (κ3) is 4.62. The van der Waals surface area contributed by atoms with Crippen molar-refractivity contribution >= 4 is 12.0 Å². The molecule has 2 unspecified atom stereocenters. The van der Waals surface area contributed by atoms with Gasteiger partial charge in [-0.2, -0.15) is 5.26 Å². The van der Waals surface area contributed by atoms with Crippen LogP contribution in [-0.4, -0.2) is 53.1 Å². The molecule has 0 bridgehead atoms. The second-order valence-electron chi connectivity index (χ2n) is 4.38. The van der Waals surface area contributed by atoms with Gasteiger partial charge in [0.2, 0.25) is 0 Å². The van der Waals surface area contributed by atoms with Crippen molar-refractivity contribution in [1.82, 2.24) is 9.80 Å². The number of carboxylic acids is 1. The molecule has 1 N–H and O–H groups in total. The molecule has 0 saturated heterocycles. The highest BCUT2D eigenvalue weighted by molar-refractivity contribution is 5.76. The Morgan fingerprint density at radius 3 is 2.33 bits per heavy atom. The van der Waals surface area contributed by atoms with Crippen molar-refractivity contribution in [3.63, 3.8) is 0 Å². The van der Waals surface area contributed by atoms with Crippen LogP contribution in [0.5, 0.6) is 0 Å². The molecule has 0 aromatic carbocycles. The minimum absolute atomic E-state index is 0.175. The van der Waals surface area contributed by atoms with Crippen LogP contribution in [0.2, 0.25) is 0 Å². The van der Waals surface area contributed by atoms with Gasteiger partial charge in [-0.3, -0.25) is 4.79 Å². The van der Waals surface area contributed by atoms with E-state index in [1.807, 2.05) is 6.07 Å². The van der Waals surface area contributed by atoms with Crippen LogP contribution in [0.4, 0.5) is 4.79 Å². The zero-order valence-electron chi connectivity index (χ0n) is 11.4. The Morgan fingerprint density at radius 1 is 1.39 bits per heavy atom. The number of aliphatic carboxylic acids is 1. The van der Waals surface area contributed by atoms with E-state index in [9.17, 15) is 9.59 Å². The van der Waals surface area contributed by atoms with Crippen molar-refractivity contribution in [3.05, 3.63) is 0 Å². The van der Waals surface area contributed by atoms with E-state index >= 15 is 0 Å². The number of hydrogen-bond acceptors (Lipinski definition) is 3. The molecule has 2 atom stereocenters. The SMILES string of the molecule is CCN(CC(C)C(=O)O)C(=O)N(C)C(C)CC#N. The number of urea groups is 1. The summed E-state index contributed by atoms with van der Waals surface area (Å²) in [4.78, 5) is 25.8. The maximum absolute atomic E-state index is 12.1. The molecule has 0 aromatic heterocycles. The van der Waals surface area contributed by atoms with Crippen molar-refractivity contribution in [1.29, 1.82) is 5.26 Å². The molecule has 0 fully saturated rings. The Balaban J connectivity index is 4.61. The van der Waals surface area contributed by atoms with Gasteiger partial charge in [-0.05, 0) is 13.8 Å². The Morgan fingerprint density at radius 2 is 1.94 bits per heavy atom. The smallest absolute Gasteiger partial charge is 0.320 e. The molecule has 0 saturated carbocycles. The van der Waals surface area contributed by atoms with Gasteiger partial charge in [-0.25, -0.2) is 4.79 Å². The van der Waals surface area contributed by atoms with Crippen LogP contribution in [0, 0.1) is 17.2 Å². The third-order valence-corrected chi connectivity index (χ3v) is 2.92. The molecule has 0 aliphatic heterocycles. The van der Waals surface area contributed by atoms with E-state index in [-0.39, 0.29) is 25.0 Å². The summed E-state index contributed by atoms with van der Waals surface area (Å²) in [6.45, 7) is 5.77. The molecule has 102 valence electrons. The summed E-state index contributed by atoms with van der Waals surface area (Å²) in [6.07, 6.45) is 0.258. The van der Waals surface area contributed by atoms with Crippen LogP contribution >= 0.6 is 0 Å². The Hall–Kier alpha value is -1.77. The second-order valence-corrected chi connectivity index (χ2v) is 4.38. The molecular weight excluding hydrogens is 234 g/mol. The summed E-state index contributed by atoms with van der Waals surface area (Å²) < 4.78 is 0. The highest BCUT2D eigenvalue weighted by Crippen LogP contribution is 2.08. The maximum atomic E-state index is 12.1. The summed E-state index contributed by atoms with van der Waals surface area (Å²) in [5, 5.41) is 17.4. The molecule has 0 aliphatic carbocycles. The number of nitriles is 1. The molecule has 0 aliphatic rings. The average Bonchev–Trinajstić information content (AvgIpc) is 2.33. The highest BCUT2D eigenvalue weighted by atomic mass is 16.4. The lowest BCUT2D eigenvalue weighted by Crippen LogP contribution is -2.47. The Kier molecular flexibility index (Phi) is 6.79. The number of carbonyl (C=O) groups is 2. The van der Waals surface area contributed by atoms with Gasteiger partial charge in [-0.1, -0.05) is 6.92 Å². The van der Waals surface area contributed by atoms with Gasteiger partial charge in [0.1, 0.15) is 0 Å². The van der Waals surface area contributed by atoms with Crippen LogP contribution in [0.25, 0.3) is 0 Å². The molecule has 2 amide bonds. The molecular formula is C12H21N3O3. The largest absolute Gasteiger partial charge is 0.481 e. The fraction of sp³-hybridized carbons (Fsp3) is 0.750. The zero-order chi connectivity index (χ0) is 14.3. The molecule has 6 heteroatoms. The summed E-state index contributed by atoms with van der Waals surface area (Å²) in [6, 6.07) is 1.59. The van der Waals surface area contributed by atoms with Gasteiger partial charge < -0.3 is 14.9 Å². The van der Waals surface area contributed by atoms with E-state index < -0.39 is 11.9 Å². The average molecular weight is 255 g/mol. The normalized spacial score (nSPS) is 13.3. The number of rotatable bonds is 6. The fourth-order valence-corrected chi connectivity index (χ4v) is 1.43. The van der Waals surface area contributed by atoms with Crippen LogP contribution in [0.15, 0.2) is 0 Å². The lowest BCUT2D eigenvalue weighted by atomic mass is 10.1. The number of hydrogen-bond donors (Lipinski definition) is 1. The van der Waals surface area contributed by atoms with E-state index in [4.69, 9.17) is 10.4 Å². The molecule has 0 heterocycles. The van der Waals surface area contributed by atoms with Crippen LogP contribution < -0.4 is 0 Å². The van der Waals surface area contributed by atoms with Gasteiger partial charge >= 0.3 is 12.0 Å². The van der Waals surface area contributed by atoms with Gasteiger partial charge in [0.25, 0.3) is 0 Å². The first-order valence-corrected chi connectivity index (χ1v) is 5.96. The third-order valence-electron chi connectivity index (χ3n) is 2.92. The quantitative estimate of drug-likeness (QED) is 0.777. The minimum Gasteiger partial charge on any atom is -0.481 e. The van der Waals surface area contributed by atoms with Crippen molar-refractivity contribution < 1.29 is 14.7 Å². The number of carbonyl (C=O) groups excluding carboxylic acids is 1. The number of amides is 2. The first-order valence-electron chi connectivity index (χ1n) is 5.96. The zero-order valence-corrected chi connectivity index (χ0v) is 11.4. The maximum Gasteiger partial charge on any atom is 0.320 e. The van der Waals surface area contributed by atoms with E-state index in [1.54, 1.807) is 27.8 Å².